The molecule has 5 heteroatoms. The molecule has 0 fully saturated rings. The fourth-order valence-corrected chi connectivity index (χ4v) is 2.25. The first-order valence-corrected chi connectivity index (χ1v) is 7.67. The Kier molecular flexibility index (Phi) is 7.93. The Hall–Kier alpha value is -1.46. The molecule has 0 heterocycles. The molecule has 1 atom stereocenters. The van der Waals surface area contributed by atoms with E-state index >= 15 is 0 Å². The van der Waals surface area contributed by atoms with Crippen molar-refractivity contribution in [2.75, 3.05) is 27.2 Å². The molecule has 0 spiro atoms. The minimum atomic E-state index is -0.434. The highest BCUT2D eigenvalue weighted by Crippen LogP contribution is 2.09. The van der Waals surface area contributed by atoms with Crippen molar-refractivity contribution in [1.29, 1.82) is 0 Å². The summed E-state index contributed by atoms with van der Waals surface area (Å²) < 4.78 is 0. The van der Waals surface area contributed by atoms with Gasteiger partial charge in [0.2, 0.25) is 5.91 Å². The van der Waals surface area contributed by atoms with Gasteiger partial charge in [-0.15, -0.1) is 0 Å². The van der Waals surface area contributed by atoms with Crippen LogP contribution in [0.3, 0.4) is 0 Å². The number of hydrogen-bond donors (Lipinski definition) is 2. The zero-order valence-electron chi connectivity index (χ0n) is 12.8. The van der Waals surface area contributed by atoms with Gasteiger partial charge in [-0.25, -0.2) is 0 Å². The smallest absolute Gasteiger partial charge is 0.230 e. The van der Waals surface area contributed by atoms with Crippen LogP contribution in [0.1, 0.15) is 18.4 Å². The molecule has 1 unspecified atom stereocenters. The summed E-state index contributed by atoms with van der Waals surface area (Å²) in [6, 6.07) is 9.81. The fraction of sp³-hybridized carbons (Fsp3) is 0.500. The fourth-order valence-electron chi connectivity index (χ4n) is 2.06. The van der Waals surface area contributed by atoms with Gasteiger partial charge in [-0.1, -0.05) is 42.5 Å². The van der Waals surface area contributed by atoms with E-state index in [4.69, 9.17) is 18.0 Å². The van der Waals surface area contributed by atoms with Gasteiger partial charge in [0.15, 0.2) is 0 Å². The Balaban J connectivity index is 2.41. The van der Waals surface area contributed by atoms with Crippen molar-refractivity contribution in [3.8, 4) is 0 Å². The molecule has 4 nitrogen and oxygen atoms in total. The predicted octanol–water partition coefficient (Wildman–Crippen LogP) is 1.59. The molecular formula is C16H25N3OS. The molecule has 0 saturated carbocycles. The Morgan fingerprint density at radius 3 is 2.52 bits per heavy atom. The van der Waals surface area contributed by atoms with Gasteiger partial charge < -0.3 is 16.0 Å². The minimum Gasteiger partial charge on any atom is -0.393 e. The second kappa shape index (κ2) is 9.47. The van der Waals surface area contributed by atoms with E-state index < -0.39 is 5.92 Å². The average Bonchev–Trinajstić information content (AvgIpc) is 2.44. The number of hydrogen-bond acceptors (Lipinski definition) is 3. The molecule has 1 rings (SSSR count). The largest absolute Gasteiger partial charge is 0.393 e. The van der Waals surface area contributed by atoms with Crippen LogP contribution in [0.2, 0.25) is 0 Å². The van der Waals surface area contributed by atoms with E-state index in [2.05, 4.69) is 10.2 Å². The predicted molar refractivity (Wildman–Crippen MR) is 91.2 cm³/mol. The molecule has 0 aromatic heterocycles. The Morgan fingerprint density at radius 1 is 1.29 bits per heavy atom. The molecule has 1 aromatic carbocycles. The van der Waals surface area contributed by atoms with Crippen LogP contribution >= 0.6 is 12.2 Å². The van der Waals surface area contributed by atoms with Crippen molar-refractivity contribution < 1.29 is 4.79 Å². The maximum absolute atomic E-state index is 12.2. The standard InChI is InChI=1S/C16H25N3OS/c1-19(2)11-7-6-10-18-16(20)14(15(17)21)12-13-8-4-3-5-9-13/h3-5,8-9,14H,6-7,10-12H2,1-2H3,(H2,17,21)(H,18,20). The maximum atomic E-state index is 12.2. The Bertz CT molecular complexity index is 448. The van der Waals surface area contributed by atoms with Crippen LogP contribution in [0.15, 0.2) is 30.3 Å². The van der Waals surface area contributed by atoms with Crippen molar-refractivity contribution in [3.05, 3.63) is 35.9 Å². The van der Waals surface area contributed by atoms with Crippen LogP contribution in [0.5, 0.6) is 0 Å². The summed E-state index contributed by atoms with van der Waals surface area (Å²) in [5.41, 5.74) is 6.79. The summed E-state index contributed by atoms with van der Waals surface area (Å²) in [5.74, 6) is -0.507. The molecule has 116 valence electrons. The van der Waals surface area contributed by atoms with Crippen molar-refractivity contribution in [1.82, 2.24) is 10.2 Å². The van der Waals surface area contributed by atoms with Crippen molar-refractivity contribution in [2.24, 2.45) is 11.7 Å². The lowest BCUT2D eigenvalue weighted by Gasteiger charge is -2.16. The summed E-state index contributed by atoms with van der Waals surface area (Å²) in [6.07, 6.45) is 2.57. The first-order chi connectivity index (χ1) is 10.0. The van der Waals surface area contributed by atoms with E-state index in [1.54, 1.807) is 0 Å². The topological polar surface area (TPSA) is 58.4 Å². The molecule has 0 aliphatic rings. The van der Waals surface area contributed by atoms with Crippen LogP contribution in [0, 0.1) is 5.92 Å². The van der Waals surface area contributed by atoms with Crippen LogP contribution in [-0.4, -0.2) is 43.0 Å². The number of nitrogens with one attached hydrogen (secondary N) is 1. The van der Waals surface area contributed by atoms with E-state index in [-0.39, 0.29) is 10.9 Å². The number of unbranched alkanes of at least 4 members (excludes halogenated alkanes) is 1. The third-order valence-electron chi connectivity index (χ3n) is 3.27. The molecule has 0 saturated heterocycles. The molecule has 1 amide bonds. The third-order valence-corrected chi connectivity index (χ3v) is 3.56. The number of rotatable bonds is 9. The van der Waals surface area contributed by atoms with E-state index in [0.29, 0.717) is 13.0 Å². The van der Waals surface area contributed by atoms with E-state index in [1.165, 1.54) is 0 Å². The highest BCUT2D eigenvalue weighted by Gasteiger charge is 2.21. The van der Waals surface area contributed by atoms with Gasteiger partial charge in [-0.2, -0.15) is 0 Å². The zero-order valence-corrected chi connectivity index (χ0v) is 13.7. The van der Waals surface area contributed by atoms with Crippen molar-refractivity contribution in [2.45, 2.75) is 19.3 Å². The van der Waals surface area contributed by atoms with Gasteiger partial charge in [0, 0.05) is 6.54 Å². The lowest BCUT2D eigenvalue weighted by molar-refractivity contribution is -0.122. The highest BCUT2D eigenvalue weighted by atomic mass is 32.1. The van der Waals surface area contributed by atoms with Crippen LogP contribution < -0.4 is 11.1 Å². The Morgan fingerprint density at radius 2 is 1.95 bits per heavy atom. The van der Waals surface area contributed by atoms with Gasteiger partial charge >= 0.3 is 0 Å². The molecule has 0 aliphatic carbocycles. The molecular weight excluding hydrogens is 282 g/mol. The molecule has 1 aromatic rings. The summed E-state index contributed by atoms with van der Waals surface area (Å²) in [7, 11) is 4.09. The zero-order chi connectivity index (χ0) is 15.7. The van der Waals surface area contributed by atoms with Crippen molar-refractivity contribution >= 4 is 23.1 Å². The highest BCUT2D eigenvalue weighted by molar-refractivity contribution is 7.80. The Labute approximate surface area is 132 Å². The number of amides is 1. The second-order valence-electron chi connectivity index (χ2n) is 5.45. The third kappa shape index (κ3) is 7.20. The number of thiocarbonyl (C=S) groups is 1. The number of nitrogens with zero attached hydrogens (tertiary/aromatic N) is 1. The summed E-state index contributed by atoms with van der Waals surface area (Å²) in [5, 5.41) is 2.93. The number of carbonyl (C=O) groups excluding carboxylic acids is 1. The summed E-state index contributed by atoms with van der Waals surface area (Å²) in [4.78, 5) is 14.6. The number of nitrogens with two attached hydrogens (primary N) is 1. The lowest BCUT2D eigenvalue weighted by atomic mass is 9.98. The minimum absolute atomic E-state index is 0.0730. The molecule has 21 heavy (non-hydrogen) atoms. The summed E-state index contributed by atoms with van der Waals surface area (Å²) in [6.45, 7) is 1.69. The second-order valence-corrected chi connectivity index (χ2v) is 5.92. The van der Waals surface area contributed by atoms with E-state index in [1.807, 2.05) is 44.4 Å². The number of carbonyl (C=O) groups is 1. The van der Waals surface area contributed by atoms with Crippen molar-refractivity contribution in [3.63, 3.8) is 0 Å². The monoisotopic (exact) mass is 307 g/mol. The van der Waals surface area contributed by atoms with E-state index in [9.17, 15) is 4.79 Å². The number of benzene rings is 1. The van der Waals surface area contributed by atoms with Gasteiger partial charge in [-0.05, 0) is 45.5 Å². The van der Waals surface area contributed by atoms with Gasteiger partial charge in [0.25, 0.3) is 0 Å². The van der Waals surface area contributed by atoms with Gasteiger partial charge in [-0.3, -0.25) is 4.79 Å². The van der Waals surface area contributed by atoms with Gasteiger partial charge in [0.05, 0.1) is 10.9 Å². The molecule has 3 N–H and O–H groups in total. The molecule has 0 bridgehead atoms. The first-order valence-electron chi connectivity index (χ1n) is 7.26. The van der Waals surface area contributed by atoms with Gasteiger partial charge in [0.1, 0.15) is 0 Å². The normalized spacial score (nSPS) is 12.1. The molecule has 0 aliphatic heterocycles. The van der Waals surface area contributed by atoms with Crippen LogP contribution in [-0.2, 0) is 11.2 Å². The van der Waals surface area contributed by atoms with Crippen LogP contribution in [0.25, 0.3) is 0 Å². The molecule has 0 radical (unpaired) electrons. The average molecular weight is 307 g/mol. The van der Waals surface area contributed by atoms with Crippen LogP contribution in [0.4, 0.5) is 0 Å². The lowest BCUT2D eigenvalue weighted by Crippen LogP contribution is -2.39. The maximum Gasteiger partial charge on any atom is 0.230 e. The first kappa shape index (κ1) is 17.6. The quantitative estimate of drug-likeness (QED) is 0.537. The van der Waals surface area contributed by atoms with E-state index in [0.717, 1.165) is 24.9 Å². The SMILES string of the molecule is CN(C)CCCCNC(=O)C(Cc1ccccc1)C(N)=S. The summed E-state index contributed by atoms with van der Waals surface area (Å²) >= 11 is 5.04.